The van der Waals surface area contributed by atoms with E-state index in [0.29, 0.717) is 17.9 Å². The normalized spacial score (nSPS) is 11.7. The van der Waals surface area contributed by atoms with E-state index in [1.807, 2.05) is 13.0 Å². The summed E-state index contributed by atoms with van der Waals surface area (Å²) in [5.74, 6) is -0.143. The zero-order valence-electron chi connectivity index (χ0n) is 15.7. The second kappa shape index (κ2) is 8.51. The highest BCUT2D eigenvalue weighted by atomic mass is 19.1. The average Bonchev–Trinajstić information content (AvgIpc) is 3.14. The Balaban J connectivity index is 1.79. The van der Waals surface area contributed by atoms with E-state index in [1.54, 1.807) is 38.3 Å². The van der Waals surface area contributed by atoms with E-state index < -0.39 is 17.8 Å². The molecule has 0 saturated heterocycles. The van der Waals surface area contributed by atoms with Gasteiger partial charge in [0.1, 0.15) is 5.75 Å². The molecule has 28 heavy (non-hydrogen) atoms. The predicted octanol–water partition coefficient (Wildman–Crippen LogP) is 3.99. The molecule has 146 valence electrons. The summed E-state index contributed by atoms with van der Waals surface area (Å²) in [6, 6.07) is 11.3. The van der Waals surface area contributed by atoms with Gasteiger partial charge in [0.2, 0.25) is 5.82 Å². The van der Waals surface area contributed by atoms with Crippen LogP contribution in [0.25, 0.3) is 11.3 Å². The molecule has 0 aliphatic carbocycles. The molecule has 1 unspecified atom stereocenters. The zero-order valence-corrected chi connectivity index (χ0v) is 15.7. The lowest BCUT2D eigenvalue weighted by Crippen LogP contribution is -2.32. The van der Waals surface area contributed by atoms with E-state index >= 15 is 0 Å². The molecule has 8 heteroatoms. The lowest BCUT2D eigenvalue weighted by molar-refractivity contribution is -0.122. The number of hydrogen-bond donors (Lipinski definition) is 1. The molecule has 1 amide bonds. The van der Waals surface area contributed by atoms with Crippen molar-refractivity contribution in [3.8, 4) is 22.8 Å². The highest BCUT2D eigenvalue weighted by Gasteiger charge is 2.24. The lowest BCUT2D eigenvalue weighted by Gasteiger charge is -2.17. The predicted molar refractivity (Wildman–Crippen MR) is 101 cm³/mol. The van der Waals surface area contributed by atoms with Crippen molar-refractivity contribution in [1.82, 2.24) is 10.3 Å². The van der Waals surface area contributed by atoms with Gasteiger partial charge < -0.3 is 14.8 Å². The largest absolute Gasteiger partial charge is 0.497 e. The van der Waals surface area contributed by atoms with Gasteiger partial charge in [-0.1, -0.05) is 19.1 Å². The number of ether oxygens (including phenoxy) is 2. The molecule has 3 aromatic rings. The van der Waals surface area contributed by atoms with Crippen molar-refractivity contribution in [3.05, 3.63) is 53.8 Å². The molecule has 1 aromatic heterocycles. The van der Waals surface area contributed by atoms with Crippen molar-refractivity contribution in [3.63, 3.8) is 0 Å². The first-order valence-corrected chi connectivity index (χ1v) is 8.73. The molecule has 7 nitrogen and oxygen atoms in total. The molecule has 0 radical (unpaired) electrons. The Labute approximate surface area is 161 Å². The summed E-state index contributed by atoms with van der Waals surface area (Å²) < 4.78 is 29.4. The molecule has 0 aliphatic heterocycles. The highest BCUT2D eigenvalue weighted by molar-refractivity contribution is 5.96. The first-order chi connectivity index (χ1) is 13.5. The number of halogens is 1. The maximum Gasteiger partial charge on any atom is 0.266 e. The first-order valence-electron chi connectivity index (χ1n) is 8.73. The minimum Gasteiger partial charge on any atom is -0.497 e. The number of aryl methyl sites for hydroxylation is 1. The Morgan fingerprint density at radius 3 is 2.71 bits per heavy atom. The van der Waals surface area contributed by atoms with Crippen LogP contribution in [0.1, 0.15) is 18.9 Å². The van der Waals surface area contributed by atoms with Gasteiger partial charge in [-0.25, -0.2) is 9.02 Å². The lowest BCUT2D eigenvalue weighted by atomic mass is 10.1. The summed E-state index contributed by atoms with van der Waals surface area (Å²) in [4.78, 5) is 12.6. The Morgan fingerprint density at radius 2 is 2.04 bits per heavy atom. The minimum absolute atomic E-state index is 0.00833. The molecule has 1 atom stereocenters. The summed E-state index contributed by atoms with van der Waals surface area (Å²) in [7, 11) is 1.58. The molecular weight excluding hydrogens is 365 g/mol. The van der Waals surface area contributed by atoms with E-state index in [0.717, 1.165) is 11.1 Å². The number of rotatable bonds is 7. The number of amides is 1. The van der Waals surface area contributed by atoms with Crippen LogP contribution >= 0.6 is 0 Å². The van der Waals surface area contributed by atoms with Crippen LogP contribution in [-0.2, 0) is 4.79 Å². The smallest absolute Gasteiger partial charge is 0.266 e. The van der Waals surface area contributed by atoms with E-state index in [2.05, 4.69) is 15.6 Å². The van der Waals surface area contributed by atoms with E-state index in [9.17, 15) is 9.18 Å². The fourth-order valence-corrected chi connectivity index (χ4v) is 2.69. The molecule has 0 saturated carbocycles. The first kappa shape index (κ1) is 19.3. The number of aromatic nitrogens is 2. The summed E-state index contributed by atoms with van der Waals surface area (Å²) in [5.41, 5.74) is 2.00. The number of benzene rings is 2. The quantitative estimate of drug-likeness (QED) is 0.662. The second-order valence-electron chi connectivity index (χ2n) is 6.08. The second-order valence-corrected chi connectivity index (χ2v) is 6.08. The van der Waals surface area contributed by atoms with Gasteiger partial charge in [0.25, 0.3) is 5.91 Å². The van der Waals surface area contributed by atoms with Crippen molar-refractivity contribution < 1.29 is 23.3 Å². The Hall–Kier alpha value is -3.42. The molecular formula is C20H20FN3O4. The van der Waals surface area contributed by atoms with Crippen LogP contribution < -0.4 is 14.8 Å². The van der Waals surface area contributed by atoms with Crippen molar-refractivity contribution >= 4 is 11.7 Å². The molecule has 0 bridgehead atoms. The van der Waals surface area contributed by atoms with E-state index in [4.69, 9.17) is 14.1 Å². The monoisotopic (exact) mass is 385 g/mol. The summed E-state index contributed by atoms with van der Waals surface area (Å²) in [6.45, 7) is 3.65. The summed E-state index contributed by atoms with van der Waals surface area (Å²) >= 11 is 0. The van der Waals surface area contributed by atoms with Crippen molar-refractivity contribution in [2.75, 3.05) is 12.4 Å². The van der Waals surface area contributed by atoms with Crippen LogP contribution in [0.2, 0.25) is 0 Å². The van der Waals surface area contributed by atoms with Gasteiger partial charge in [0.05, 0.1) is 7.11 Å². The number of anilines is 1. The van der Waals surface area contributed by atoms with Crippen LogP contribution in [0.5, 0.6) is 11.5 Å². The third kappa shape index (κ3) is 4.11. The van der Waals surface area contributed by atoms with Gasteiger partial charge in [-0.15, -0.1) is 0 Å². The van der Waals surface area contributed by atoms with Gasteiger partial charge in [0, 0.05) is 5.56 Å². The summed E-state index contributed by atoms with van der Waals surface area (Å²) in [5, 5.41) is 10.3. The van der Waals surface area contributed by atoms with E-state index in [-0.39, 0.29) is 11.6 Å². The maximum atomic E-state index is 13.8. The van der Waals surface area contributed by atoms with Gasteiger partial charge in [0.15, 0.2) is 23.4 Å². The van der Waals surface area contributed by atoms with Crippen molar-refractivity contribution in [2.24, 2.45) is 0 Å². The number of nitrogens with zero attached hydrogens (tertiary/aromatic N) is 2. The Bertz CT molecular complexity index is 974. The molecule has 0 fully saturated rings. The SMILES string of the molecule is CCC(Oc1ccccc1F)C(=O)Nc1nonc1-c1ccc(OC)cc1C. The zero-order chi connectivity index (χ0) is 20.1. The standard InChI is InChI=1S/C20H20FN3O4/c1-4-16(27-17-8-6-5-7-15(17)21)20(25)22-19-18(23-28-24-19)14-10-9-13(26-3)11-12(14)2/h5-11,16H,4H2,1-3H3,(H,22,24,25). The summed E-state index contributed by atoms with van der Waals surface area (Å²) in [6.07, 6.45) is -0.569. The van der Waals surface area contributed by atoms with Crippen LogP contribution in [-0.4, -0.2) is 29.4 Å². The third-order valence-electron chi connectivity index (χ3n) is 4.19. The third-order valence-corrected chi connectivity index (χ3v) is 4.19. The van der Waals surface area contributed by atoms with Gasteiger partial charge >= 0.3 is 0 Å². The topological polar surface area (TPSA) is 86.5 Å². The number of nitrogens with one attached hydrogen (secondary N) is 1. The number of carbonyl (C=O) groups excluding carboxylic acids is 1. The molecule has 3 rings (SSSR count). The fraction of sp³-hybridized carbons (Fsp3) is 0.250. The fourth-order valence-electron chi connectivity index (χ4n) is 2.69. The number of hydrogen-bond acceptors (Lipinski definition) is 6. The average molecular weight is 385 g/mol. The number of methoxy groups -OCH3 is 1. The van der Waals surface area contributed by atoms with Crippen molar-refractivity contribution in [1.29, 1.82) is 0 Å². The van der Waals surface area contributed by atoms with Gasteiger partial charge in [-0.3, -0.25) is 4.79 Å². The highest BCUT2D eigenvalue weighted by Crippen LogP contribution is 2.30. The molecule has 0 spiro atoms. The number of para-hydroxylation sites is 1. The maximum absolute atomic E-state index is 13.8. The Morgan fingerprint density at radius 1 is 1.25 bits per heavy atom. The van der Waals surface area contributed by atoms with Crippen LogP contribution in [0, 0.1) is 12.7 Å². The Kier molecular flexibility index (Phi) is 5.88. The van der Waals surface area contributed by atoms with Crippen molar-refractivity contribution in [2.45, 2.75) is 26.4 Å². The van der Waals surface area contributed by atoms with E-state index in [1.165, 1.54) is 12.1 Å². The number of carbonyl (C=O) groups is 1. The molecule has 0 aliphatic rings. The molecule has 1 N–H and O–H groups in total. The van der Waals surface area contributed by atoms with Crippen LogP contribution in [0.3, 0.4) is 0 Å². The molecule has 1 heterocycles. The molecule has 2 aromatic carbocycles. The van der Waals surface area contributed by atoms with Gasteiger partial charge in [-0.2, -0.15) is 0 Å². The minimum atomic E-state index is -0.904. The van der Waals surface area contributed by atoms with Crippen LogP contribution in [0.15, 0.2) is 47.1 Å². The van der Waals surface area contributed by atoms with Gasteiger partial charge in [-0.05, 0) is 59.6 Å². The van der Waals surface area contributed by atoms with Crippen LogP contribution in [0.4, 0.5) is 10.2 Å².